The van der Waals surface area contributed by atoms with E-state index < -0.39 is 0 Å². The number of aromatic nitrogens is 1. The summed E-state index contributed by atoms with van der Waals surface area (Å²) in [7, 11) is 1.63. The Morgan fingerprint density at radius 2 is 1.83 bits per heavy atom. The summed E-state index contributed by atoms with van der Waals surface area (Å²) >= 11 is 0. The Labute approximate surface area is 141 Å². The fourth-order valence-electron chi connectivity index (χ4n) is 2.49. The van der Waals surface area contributed by atoms with Crippen LogP contribution in [0.4, 0.5) is 4.39 Å². The molecule has 2 aromatic rings. The van der Waals surface area contributed by atoms with Crippen molar-refractivity contribution >= 4 is 5.91 Å². The van der Waals surface area contributed by atoms with Crippen molar-refractivity contribution in [2.24, 2.45) is 12.5 Å². The van der Waals surface area contributed by atoms with Gasteiger partial charge in [0.1, 0.15) is 5.82 Å². The number of nitrogens with zero attached hydrogens (tertiary/aromatic N) is 1. The molecule has 0 aliphatic heterocycles. The third kappa shape index (κ3) is 4.78. The summed E-state index contributed by atoms with van der Waals surface area (Å²) in [5.41, 5.74) is 0.888. The number of pyridine rings is 1. The van der Waals surface area contributed by atoms with Crippen LogP contribution in [-0.2, 0) is 7.05 Å². The lowest BCUT2D eigenvalue weighted by Crippen LogP contribution is -2.32. The van der Waals surface area contributed by atoms with Gasteiger partial charge in [0.05, 0.1) is 6.04 Å². The maximum Gasteiger partial charge on any atom is 0.252 e. The van der Waals surface area contributed by atoms with Gasteiger partial charge in [-0.2, -0.15) is 0 Å². The van der Waals surface area contributed by atoms with Crippen LogP contribution in [0.2, 0.25) is 0 Å². The van der Waals surface area contributed by atoms with Crippen molar-refractivity contribution in [3.63, 3.8) is 0 Å². The zero-order chi connectivity index (χ0) is 17.9. The zero-order valence-electron chi connectivity index (χ0n) is 14.5. The highest BCUT2D eigenvalue weighted by Crippen LogP contribution is 2.29. The highest BCUT2D eigenvalue weighted by atomic mass is 19.1. The van der Waals surface area contributed by atoms with Crippen LogP contribution in [0.5, 0.6) is 0 Å². The molecule has 0 unspecified atom stereocenters. The zero-order valence-corrected chi connectivity index (χ0v) is 14.5. The van der Waals surface area contributed by atoms with E-state index in [0.717, 1.165) is 5.56 Å². The molecule has 1 heterocycles. The number of halogens is 1. The minimum atomic E-state index is -0.314. The van der Waals surface area contributed by atoms with E-state index in [2.05, 4.69) is 26.1 Å². The molecule has 0 fully saturated rings. The predicted octanol–water partition coefficient (Wildman–Crippen LogP) is 3.43. The number of rotatable bonds is 4. The summed E-state index contributed by atoms with van der Waals surface area (Å²) in [6.45, 7) is 6.23. The molecule has 2 rings (SSSR count). The highest BCUT2D eigenvalue weighted by Gasteiger charge is 2.22. The first-order valence-corrected chi connectivity index (χ1v) is 7.89. The minimum absolute atomic E-state index is 0.0286. The largest absolute Gasteiger partial charge is 0.345 e. The van der Waals surface area contributed by atoms with Crippen LogP contribution in [0.25, 0.3) is 0 Å². The number of amides is 1. The molecule has 1 aromatic carbocycles. The van der Waals surface area contributed by atoms with Gasteiger partial charge in [-0.1, -0.05) is 32.9 Å². The van der Waals surface area contributed by atoms with E-state index in [9.17, 15) is 14.0 Å². The molecule has 0 radical (unpaired) electrons. The van der Waals surface area contributed by atoms with E-state index in [1.54, 1.807) is 31.4 Å². The van der Waals surface area contributed by atoms with Crippen molar-refractivity contribution in [2.45, 2.75) is 33.2 Å². The van der Waals surface area contributed by atoms with E-state index in [1.807, 2.05) is 0 Å². The van der Waals surface area contributed by atoms with Crippen LogP contribution in [-0.4, -0.2) is 10.5 Å². The number of carbonyl (C=O) groups is 1. The van der Waals surface area contributed by atoms with E-state index in [1.165, 1.54) is 22.8 Å². The van der Waals surface area contributed by atoms with Crippen molar-refractivity contribution in [2.75, 3.05) is 0 Å². The number of hydrogen-bond acceptors (Lipinski definition) is 2. The van der Waals surface area contributed by atoms with Crippen LogP contribution in [0, 0.1) is 11.2 Å². The Balaban J connectivity index is 2.26. The number of aryl methyl sites for hydroxylation is 1. The van der Waals surface area contributed by atoms with Gasteiger partial charge in [-0.05, 0) is 35.6 Å². The summed E-state index contributed by atoms with van der Waals surface area (Å²) in [4.78, 5) is 24.2. The number of carbonyl (C=O) groups excluding carboxylic acids is 1. The molecule has 1 amide bonds. The number of benzene rings is 1. The Kier molecular flexibility index (Phi) is 5.22. The van der Waals surface area contributed by atoms with Crippen molar-refractivity contribution in [3.8, 4) is 0 Å². The van der Waals surface area contributed by atoms with Gasteiger partial charge < -0.3 is 9.88 Å². The minimum Gasteiger partial charge on any atom is -0.345 e. The van der Waals surface area contributed by atoms with Crippen molar-refractivity contribution in [1.29, 1.82) is 0 Å². The Morgan fingerprint density at radius 1 is 1.21 bits per heavy atom. The van der Waals surface area contributed by atoms with Crippen molar-refractivity contribution in [3.05, 3.63) is 69.9 Å². The van der Waals surface area contributed by atoms with E-state index in [0.29, 0.717) is 12.0 Å². The fourth-order valence-corrected chi connectivity index (χ4v) is 2.49. The van der Waals surface area contributed by atoms with Crippen molar-refractivity contribution < 1.29 is 9.18 Å². The molecule has 0 bridgehead atoms. The number of nitrogens with one attached hydrogen (secondary N) is 1. The summed E-state index contributed by atoms with van der Waals surface area (Å²) in [6, 6.07) is 8.78. The van der Waals surface area contributed by atoms with Crippen LogP contribution < -0.4 is 10.9 Å². The molecule has 0 spiro atoms. The molecule has 0 aliphatic carbocycles. The molecule has 1 N–H and O–H groups in total. The molecule has 1 atom stereocenters. The van der Waals surface area contributed by atoms with Gasteiger partial charge in [0.15, 0.2) is 0 Å². The van der Waals surface area contributed by atoms with Gasteiger partial charge in [-0.25, -0.2) is 4.39 Å². The molecular formula is C19H23FN2O2. The van der Waals surface area contributed by atoms with E-state index in [-0.39, 0.29) is 28.7 Å². The van der Waals surface area contributed by atoms with Gasteiger partial charge >= 0.3 is 0 Å². The second kappa shape index (κ2) is 6.99. The average molecular weight is 330 g/mol. The predicted molar refractivity (Wildman–Crippen MR) is 92.4 cm³/mol. The first-order valence-electron chi connectivity index (χ1n) is 7.89. The topological polar surface area (TPSA) is 51.1 Å². The molecule has 0 saturated carbocycles. The van der Waals surface area contributed by atoms with Crippen molar-refractivity contribution in [1.82, 2.24) is 9.88 Å². The molecule has 4 nitrogen and oxygen atoms in total. The first kappa shape index (κ1) is 17.9. The lowest BCUT2D eigenvalue weighted by atomic mass is 9.85. The fraction of sp³-hybridized carbons (Fsp3) is 0.368. The van der Waals surface area contributed by atoms with E-state index >= 15 is 0 Å². The molecule has 0 saturated heterocycles. The van der Waals surface area contributed by atoms with Crippen LogP contribution in [0.3, 0.4) is 0 Å². The lowest BCUT2D eigenvalue weighted by molar-refractivity contribution is 0.0926. The first-order chi connectivity index (χ1) is 11.2. The number of hydrogen-bond donors (Lipinski definition) is 1. The summed E-state index contributed by atoms with van der Waals surface area (Å²) in [5.74, 6) is -0.627. The average Bonchev–Trinajstić information content (AvgIpc) is 2.48. The molecule has 128 valence electrons. The quantitative estimate of drug-likeness (QED) is 0.934. The maximum absolute atomic E-state index is 13.2. The molecule has 5 heteroatoms. The van der Waals surface area contributed by atoms with Gasteiger partial charge in [0.25, 0.3) is 11.5 Å². The SMILES string of the molecule is Cn1ccc(C(=O)N[C@@H](CC(C)(C)C)c2ccc(F)cc2)cc1=O. The monoisotopic (exact) mass is 330 g/mol. The Bertz CT molecular complexity index is 773. The van der Waals surface area contributed by atoms with Gasteiger partial charge in [0, 0.05) is 24.9 Å². The standard InChI is InChI=1S/C19H23FN2O2/c1-19(2,3)12-16(13-5-7-15(20)8-6-13)21-18(24)14-9-10-22(4)17(23)11-14/h5-11,16H,12H2,1-4H3,(H,21,24)/t16-/m0/s1. The Hall–Kier alpha value is -2.43. The second-order valence-corrected chi connectivity index (χ2v) is 7.21. The van der Waals surface area contributed by atoms with Gasteiger partial charge in [-0.15, -0.1) is 0 Å². The molecule has 24 heavy (non-hydrogen) atoms. The van der Waals surface area contributed by atoms with Crippen LogP contribution >= 0.6 is 0 Å². The molecule has 0 aliphatic rings. The smallest absolute Gasteiger partial charge is 0.252 e. The highest BCUT2D eigenvalue weighted by molar-refractivity contribution is 5.94. The van der Waals surface area contributed by atoms with Crippen LogP contribution in [0.1, 0.15) is 49.2 Å². The Morgan fingerprint density at radius 3 is 2.38 bits per heavy atom. The summed E-state index contributed by atoms with van der Waals surface area (Å²) in [5, 5.41) is 2.96. The summed E-state index contributed by atoms with van der Waals surface area (Å²) < 4.78 is 14.6. The van der Waals surface area contributed by atoms with Gasteiger partial charge in [0.2, 0.25) is 0 Å². The second-order valence-electron chi connectivity index (χ2n) is 7.21. The third-order valence-electron chi connectivity index (χ3n) is 3.76. The molecule has 1 aromatic heterocycles. The van der Waals surface area contributed by atoms with Gasteiger partial charge in [-0.3, -0.25) is 9.59 Å². The normalized spacial score (nSPS) is 12.7. The summed E-state index contributed by atoms with van der Waals surface area (Å²) in [6.07, 6.45) is 2.25. The van der Waals surface area contributed by atoms with E-state index in [4.69, 9.17) is 0 Å². The molecular weight excluding hydrogens is 307 g/mol. The third-order valence-corrected chi connectivity index (χ3v) is 3.76. The van der Waals surface area contributed by atoms with Crippen LogP contribution in [0.15, 0.2) is 47.4 Å². The maximum atomic E-state index is 13.2. The lowest BCUT2D eigenvalue weighted by Gasteiger charge is -2.27.